The van der Waals surface area contributed by atoms with Crippen molar-refractivity contribution in [1.29, 1.82) is 5.26 Å². The second-order valence-corrected chi connectivity index (χ2v) is 10.1. The molecule has 1 fully saturated rings. The normalized spacial score (nSPS) is 20.9. The van der Waals surface area contributed by atoms with Gasteiger partial charge in [-0.15, -0.1) is 0 Å². The van der Waals surface area contributed by atoms with Crippen molar-refractivity contribution in [2.75, 3.05) is 5.32 Å². The number of aromatic nitrogens is 4. The average molecular weight is 466 g/mol. The standard InChI is InChI=1S/C22H23N7O3S/c1-3-13-9-15(28-33(30,31)19-6-4-5-17-21(19)27-32-26-17)10-18(13)25-20-14(11-23)12-24-22-16(20)7-8-29(22)2/h4-8,12-13,15,18,28H,3,9-10H2,1-2H3,(H,24,25)/t13-,15?,18+/m1/s1. The molecule has 1 saturated carbocycles. The minimum atomic E-state index is -3.82. The molecule has 0 amide bonds. The van der Waals surface area contributed by atoms with Crippen molar-refractivity contribution in [2.45, 2.75) is 43.2 Å². The number of nitriles is 1. The monoisotopic (exact) mass is 465 g/mol. The first kappa shape index (κ1) is 21.4. The van der Waals surface area contributed by atoms with Gasteiger partial charge < -0.3 is 9.88 Å². The number of nitrogens with one attached hydrogen (secondary N) is 2. The van der Waals surface area contributed by atoms with Crippen LogP contribution in [0, 0.1) is 17.2 Å². The second-order valence-electron chi connectivity index (χ2n) is 8.42. The number of sulfonamides is 1. The predicted octanol–water partition coefficient (Wildman–Crippen LogP) is 2.93. The Morgan fingerprint density at radius 3 is 2.91 bits per heavy atom. The molecule has 1 aliphatic rings. The topological polar surface area (TPSA) is 139 Å². The van der Waals surface area contributed by atoms with Crippen LogP contribution in [0.3, 0.4) is 0 Å². The Bertz CT molecular complexity index is 1480. The van der Waals surface area contributed by atoms with Gasteiger partial charge in [0.15, 0.2) is 5.52 Å². The van der Waals surface area contributed by atoms with Gasteiger partial charge in [0.05, 0.1) is 11.3 Å². The first-order chi connectivity index (χ1) is 15.9. The summed E-state index contributed by atoms with van der Waals surface area (Å²) in [6.07, 6.45) is 5.64. The van der Waals surface area contributed by atoms with Gasteiger partial charge in [-0.1, -0.05) is 19.4 Å². The lowest BCUT2D eigenvalue weighted by Gasteiger charge is -2.22. The zero-order valence-electron chi connectivity index (χ0n) is 18.2. The first-order valence-corrected chi connectivity index (χ1v) is 12.2. The molecule has 0 saturated heterocycles. The largest absolute Gasteiger partial charge is 0.380 e. The fourth-order valence-electron chi connectivity index (χ4n) is 4.77. The lowest BCUT2D eigenvalue weighted by molar-refractivity contribution is 0.315. The number of anilines is 1. The number of pyridine rings is 1. The van der Waals surface area contributed by atoms with Crippen molar-refractivity contribution in [2.24, 2.45) is 13.0 Å². The Kier molecular flexibility index (Phi) is 5.26. The number of aryl methyl sites for hydroxylation is 1. The number of rotatable bonds is 6. The van der Waals surface area contributed by atoms with E-state index >= 15 is 0 Å². The van der Waals surface area contributed by atoms with Crippen molar-refractivity contribution >= 4 is 37.8 Å². The highest BCUT2D eigenvalue weighted by Crippen LogP contribution is 2.35. The third-order valence-corrected chi connectivity index (χ3v) is 7.98. The summed E-state index contributed by atoms with van der Waals surface area (Å²) in [4.78, 5) is 4.45. The molecule has 1 unspecified atom stereocenters. The summed E-state index contributed by atoms with van der Waals surface area (Å²) in [5, 5.41) is 21.5. The third-order valence-electron chi connectivity index (χ3n) is 6.42. The number of fused-ring (bicyclic) bond motifs is 2. The van der Waals surface area contributed by atoms with E-state index in [0.717, 1.165) is 23.1 Å². The molecule has 3 heterocycles. The van der Waals surface area contributed by atoms with Gasteiger partial charge in [0.25, 0.3) is 0 Å². The summed E-state index contributed by atoms with van der Waals surface area (Å²) in [5.41, 5.74) is 2.61. The van der Waals surface area contributed by atoms with Crippen LogP contribution in [-0.2, 0) is 17.1 Å². The van der Waals surface area contributed by atoms with E-state index in [0.29, 0.717) is 23.9 Å². The quantitative estimate of drug-likeness (QED) is 0.443. The van der Waals surface area contributed by atoms with Crippen molar-refractivity contribution in [1.82, 2.24) is 24.6 Å². The van der Waals surface area contributed by atoms with E-state index in [9.17, 15) is 13.7 Å². The maximum atomic E-state index is 13.1. The highest BCUT2D eigenvalue weighted by atomic mass is 32.2. The molecule has 2 N–H and O–H groups in total. The van der Waals surface area contributed by atoms with E-state index < -0.39 is 10.0 Å². The van der Waals surface area contributed by atoms with Gasteiger partial charge in [-0.2, -0.15) is 5.26 Å². The molecule has 170 valence electrons. The van der Waals surface area contributed by atoms with Gasteiger partial charge in [0.2, 0.25) is 10.0 Å². The Balaban J connectivity index is 1.41. The van der Waals surface area contributed by atoms with Crippen LogP contribution >= 0.6 is 0 Å². The molecule has 4 aromatic rings. The molecule has 1 aromatic carbocycles. The van der Waals surface area contributed by atoms with Gasteiger partial charge in [-0.3, -0.25) is 0 Å². The Morgan fingerprint density at radius 2 is 2.12 bits per heavy atom. The first-order valence-electron chi connectivity index (χ1n) is 10.8. The molecule has 33 heavy (non-hydrogen) atoms. The Hall–Kier alpha value is -3.49. The van der Waals surface area contributed by atoms with E-state index in [1.54, 1.807) is 18.3 Å². The zero-order valence-corrected chi connectivity index (χ0v) is 19.0. The zero-order chi connectivity index (χ0) is 23.2. The number of benzene rings is 1. The minimum absolute atomic E-state index is 0.00474. The van der Waals surface area contributed by atoms with Crippen LogP contribution < -0.4 is 10.0 Å². The van der Waals surface area contributed by atoms with Crippen molar-refractivity contribution < 1.29 is 13.0 Å². The van der Waals surface area contributed by atoms with Gasteiger partial charge in [0, 0.05) is 36.9 Å². The summed E-state index contributed by atoms with van der Waals surface area (Å²) >= 11 is 0. The summed E-state index contributed by atoms with van der Waals surface area (Å²) in [6, 6.07) is 8.68. The van der Waals surface area contributed by atoms with Crippen LogP contribution in [0.4, 0.5) is 5.69 Å². The van der Waals surface area contributed by atoms with Crippen LogP contribution in [0.2, 0.25) is 0 Å². The lowest BCUT2D eigenvalue weighted by Crippen LogP contribution is -2.34. The van der Waals surface area contributed by atoms with Crippen LogP contribution in [0.15, 0.2) is 46.2 Å². The molecule has 1 aliphatic carbocycles. The maximum Gasteiger partial charge on any atom is 0.243 e. The Labute approximate surface area is 190 Å². The third kappa shape index (κ3) is 3.71. The van der Waals surface area contributed by atoms with Crippen LogP contribution in [0.5, 0.6) is 0 Å². The van der Waals surface area contributed by atoms with Gasteiger partial charge in [-0.05, 0) is 47.3 Å². The van der Waals surface area contributed by atoms with E-state index in [2.05, 4.69) is 38.3 Å². The van der Waals surface area contributed by atoms with Crippen LogP contribution in [0.1, 0.15) is 31.7 Å². The SMILES string of the molecule is CC[C@@H]1CC(NS(=O)(=O)c2cccc3nonc23)C[C@@H]1Nc1c(C#N)cnc2c1ccn2C. The van der Waals surface area contributed by atoms with Crippen LogP contribution in [-0.4, -0.2) is 40.4 Å². The molecule has 11 heteroatoms. The van der Waals surface area contributed by atoms with Gasteiger partial charge in [0.1, 0.15) is 22.1 Å². The summed E-state index contributed by atoms with van der Waals surface area (Å²) < 4.78 is 35.7. The Morgan fingerprint density at radius 1 is 1.27 bits per heavy atom. The molecule has 3 atom stereocenters. The second kappa shape index (κ2) is 8.13. The number of nitrogens with zero attached hydrogens (tertiary/aromatic N) is 5. The minimum Gasteiger partial charge on any atom is -0.380 e. The van der Waals surface area contributed by atoms with Crippen molar-refractivity contribution in [3.8, 4) is 6.07 Å². The summed E-state index contributed by atoms with van der Waals surface area (Å²) in [5.74, 6) is 0.237. The maximum absolute atomic E-state index is 13.1. The highest BCUT2D eigenvalue weighted by molar-refractivity contribution is 7.89. The molecule has 10 nitrogen and oxygen atoms in total. The molecular formula is C22H23N7O3S. The number of hydrogen-bond donors (Lipinski definition) is 2. The molecule has 0 aliphatic heterocycles. The molecule has 0 radical (unpaired) electrons. The van der Waals surface area contributed by atoms with Crippen LogP contribution in [0.25, 0.3) is 22.1 Å². The molecule has 0 spiro atoms. The fourth-order valence-corrected chi connectivity index (χ4v) is 6.18. The summed E-state index contributed by atoms with van der Waals surface area (Å²) in [6.45, 7) is 2.09. The van der Waals surface area contributed by atoms with Crippen molar-refractivity contribution in [3.63, 3.8) is 0 Å². The van der Waals surface area contributed by atoms with E-state index in [1.165, 1.54) is 6.07 Å². The summed E-state index contributed by atoms with van der Waals surface area (Å²) in [7, 11) is -1.91. The van der Waals surface area contributed by atoms with E-state index in [-0.39, 0.29) is 28.4 Å². The average Bonchev–Trinajstić information content (AvgIpc) is 3.52. The molecule has 5 rings (SSSR count). The molecule has 0 bridgehead atoms. The predicted molar refractivity (Wildman–Crippen MR) is 122 cm³/mol. The van der Waals surface area contributed by atoms with Gasteiger partial charge in [-0.25, -0.2) is 22.8 Å². The smallest absolute Gasteiger partial charge is 0.243 e. The molecular weight excluding hydrogens is 442 g/mol. The van der Waals surface area contributed by atoms with Gasteiger partial charge >= 0.3 is 0 Å². The number of hydrogen-bond acceptors (Lipinski definition) is 8. The fraction of sp³-hybridized carbons (Fsp3) is 0.364. The highest BCUT2D eigenvalue weighted by Gasteiger charge is 2.36. The van der Waals surface area contributed by atoms with Crippen molar-refractivity contribution in [3.05, 3.63) is 42.2 Å². The molecule has 3 aromatic heterocycles. The lowest BCUT2D eigenvalue weighted by atomic mass is 10.00. The van der Waals surface area contributed by atoms with E-state index in [4.69, 9.17) is 4.63 Å². The van der Waals surface area contributed by atoms with E-state index in [1.807, 2.05) is 23.9 Å².